The molecule has 0 atom stereocenters. The lowest BCUT2D eigenvalue weighted by atomic mass is 10.3. The molecule has 0 aliphatic heterocycles. The zero-order valence-electron chi connectivity index (χ0n) is 19.2. The van der Waals surface area contributed by atoms with Crippen LogP contribution in [0.2, 0.25) is 5.02 Å². The molecule has 0 unspecified atom stereocenters. The number of amides is 2. The number of para-hydroxylation sites is 1. The number of carbonyl (C=O) groups is 2. The van der Waals surface area contributed by atoms with Crippen molar-refractivity contribution in [3.05, 3.63) is 93.9 Å². The minimum absolute atomic E-state index is 0.0235. The van der Waals surface area contributed by atoms with E-state index in [0.717, 1.165) is 21.9 Å². The van der Waals surface area contributed by atoms with Crippen LogP contribution in [0.3, 0.4) is 0 Å². The first-order valence-electron chi connectivity index (χ1n) is 10.9. The molecule has 37 heavy (non-hydrogen) atoms. The molecule has 1 aromatic heterocycles. The Labute approximate surface area is 229 Å². The summed E-state index contributed by atoms with van der Waals surface area (Å²) in [6.45, 7) is -0.111. The van der Waals surface area contributed by atoms with E-state index in [1.165, 1.54) is 12.1 Å². The number of carbonyl (C=O) groups excluding carboxylic acids is 2. The molecule has 2 N–H and O–H groups in total. The lowest BCUT2D eigenvalue weighted by molar-refractivity contribution is -0.123. The number of nitrogens with zero attached hydrogens (tertiary/aromatic N) is 3. The van der Waals surface area contributed by atoms with Crippen molar-refractivity contribution in [2.24, 2.45) is 0 Å². The average molecular weight is 605 g/mol. The standard InChI is InChI=1S/C25H20BrClFN5O3S/c26-16-5-9-18(10-6-16)33-22(13-29-23(34)14-36-19-11-7-17(27)8-12-19)31-32-25(33)37-15-24(35)30-21-4-2-1-3-20(21)28/h1-12H,13-15H2,(H,29,34)(H,30,35). The molecule has 0 spiro atoms. The number of aromatic nitrogens is 3. The van der Waals surface area contributed by atoms with E-state index in [2.05, 4.69) is 36.8 Å². The first-order valence-corrected chi connectivity index (χ1v) is 13.1. The molecule has 190 valence electrons. The van der Waals surface area contributed by atoms with Crippen molar-refractivity contribution in [1.82, 2.24) is 20.1 Å². The Hall–Kier alpha value is -3.41. The Bertz CT molecular complexity index is 1390. The molecule has 8 nitrogen and oxygen atoms in total. The van der Waals surface area contributed by atoms with Crippen LogP contribution in [0.15, 0.2) is 82.4 Å². The Morgan fingerprint density at radius 2 is 1.73 bits per heavy atom. The van der Waals surface area contributed by atoms with E-state index in [1.807, 2.05) is 24.3 Å². The smallest absolute Gasteiger partial charge is 0.258 e. The number of nitrogens with one attached hydrogen (secondary N) is 2. The molecule has 0 saturated heterocycles. The van der Waals surface area contributed by atoms with Gasteiger partial charge in [0.05, 0.1) is 18.0 Å². The quantitative estimate of drug-likeness (QED) is 0.240. The maximum absolute atomic E-state index is 13.9. The van der Waals surface area contributed by atoms with Gasteiger partial charge in [0.15, 0.2) is 17.6 Å². The molecule has 0 fully saturated rings. The first kappa shape index (κ1) is 26.6. The maximum Gasteiger partial charge on any atom is 0.258 e. The highest BCUT2D eigenvalue weighted by molar-refractivity contribution is 9.10. The van der Waals surface area contributed by atoms with E-state index in [9.17, 15) is 14.0 Å². The zero-order chi connectivity index (χ0) is 26.2. The Balaban J connectivity index is 1.42. The lowest BCUT2D eigenvalue weighted by Crippen LogP contribution is -2.29. The summed E-state index contributed by atoms with van der Waals surface area (Å²) in [4.78, 5) is 24.8. The number of anilines is 1. The van der Waals surface area contributed by atoms with Crippen LogP contribution in [0.5, 0.6) is 5.75 Å². The van der Waals surface area contributed by atoms with E-state index in [4.69, 9.17) is 16.3 Å². The van der Waals surface area contributed by atoms with Gasteiger partial charge in [0.1, 0.15) is 11.6 Å². The van der Waals surface area contributed by atoms with Gasteiger partial charge in [-0.3, -0.25) is 14.2 Å². The molecule has 0 saturated carbocycles. The van der Waals surface area contributed by atoms with Gasteiger partial charge < -0.3 is 15.4 Å². The van der Waals surface area contributed by atoms with Crippen LogP contribution in [-0.2, 0) is 16.1 Å². The van der Waals surface area contributed by atoms with Gasteiger partial charge in [-0.1, -0.05) is 51.4 Å². The molecule has 0 bridgehead atoms. The number of hydrogen-bond donors (Lipinski definition) is 2. The van der Waals surface area contributed by atoms with E-state index in [0.29, 0.717) is 21.8 Å². The number of hydrogen-bond acceptors (Lipinski definition) is 6. The van der Waals surface area contributed by atoms with Gasteiger partial charge in [0.2, 0.25) is 5.91 Å². The summed E-state index contributed by atoms with van der Waals surface area (Å²) in [6.07, 6.45) is 0. The van der Waals surface area contributed by atoms with Crippen LogP contribution in [-0.4, -0.2) is 38.9 Å². The fourth-order valence-corrected chi connectivity index (χ4v) is 4.31. The molecule has 4 rings (SSSR count). The molecule has 4 aromatic rings. The average Bonchev–Trinajstić information content (AvgIpc) is 3.30. The van der Waals surface area contributed by atoms with E-state index in [-0.39, 0.29) is 30.5 Å². The second-order valence-corrected chi connectivity index (χ2v) is 9.84. The van der Waals surface area contributed by atoms with Crippen molar-refractivity contribution in [3.63, 3.8) is 0 Å². The third kappa shape index (κ3) is 7.54. The van der Waals surface area contributed by atoms with Crippen LogP contribution < -0.4 is 15.4 Å². The monoisotopic (exact) mass is 603 g/mol. The first-order chi connectivity index (χ1) is 17.9. The van der Waals surface area contributed by atoms with Crippen molar-refractivity contribution in [2.75, 3.05) is 17.7 Å². The maximum atomic E-state index is 13.9. The molecule has 1 heterocycles. The number of ether oxygens (including phenoxy) is 1. The molecule has 12 heteroatoms. The largest absolute Gasteiger partial charge is 0.484 e. The topological polar surface area (TPSA) is 98.1 Å². The predicted octanol–water partition coefficient (Wildman–Crippen LogP) is 5.25. The van der Waals surface area contributed by atoms with E-state index >= 15 is 0 Å². The molecular weight excluding hydrogens is 585 g/mol. The second-order valence-electron chi connectivity index (χ2n) is 7.55. The summed E-state index contributed by atoms with van der Waals surface area (Å²) in [5.74, 6) is -0.306. The van der Waals surface area contributed by atoms with Crippen molar-refractivity contribution < 1.29 is 18.7 Å². The molecule has 2 amide bonds. The highest BCUT2D eigenvalue weighted by atomic mass is 79.9. The van der Waals surface area contributed by atoms with Gasteiger partial charge in [-0.05, 0) is 60.7 Å². The van der Waals surface area contributed by atoms with Crippen LogP contribution in [0, 0.1) is 5.82 Å². The van der Waals surface area contributed by atoms with Gasteiger partial charge in [-0.15, -0.1) is 10.2 Å². The minimum atomic E-state index is -0.517. The van der Waals surface area contributed by atoms with Crippen LogP contribution >= 0.6 is 39.3 Å². The predicted molar refractivity (Wildman–Crippen MR) is 144 cm³/mol. The second kappa shape index (κ2) is 12.7. The van der Waals surface area contributed by atoms with Gasteiger partial charge in [0, 0.05) is 15.2 Å². The Morgan fingerprint density at radius 1 is 1.00 bits per heavy atom. The van der Waals surface area contributed by atoms with Crippen molar-refractivity contribution in [2.45, 2.75) is 11.7 Å². The molecule has 0 aliphatic carbocycles. The van der Waals surface area contributed by atoms with E-state index in [1.54, 1.807) is 41.0 Å². The fraction of sp³-hybridized carbons (Fsp3) is 0.120. The highest BCUT2D eigenvalue weighted by Crippen LogP contribution is 2.24. The van der Waals surface area contributed by atoms with Crippen LogP contribution in [0.4, 0.5) is 10.1 Å². The molecule has 0 radical (unpaired) electrons. The third-order valence-electron chi connectivity index (χ3n) is 4.89. The van der Waals surface area contributed by atoms with Gasteiger partial charge in [0.25, 0.3) is 5.91 Å². The number of thioether (sulfide) groups is 1. The Kier molecular flexibility index (Phi) is 9.15. The fourth-order valence-electron chi connectivity index (χ4n) is 3.15. The van der Waals surface area contributed by atoms with Crippen LogP contribution in [0.25, 0.3) is 5.69 Å². The summed E-state index contributed by atoms with van der Waals surface area (Å²) < 4.78 is 22.0. The summed E-state index contributed by atoms with van der Waals surface area (Å²) >= 11 is 10.4. The van der Waals surface area contributed by atoms with E-state index < -0.39 is 11.7 Å². The number of benzene rings is 3. The highest BCUT2D eigenvalue weighted by Gasteiger charge is 2.17. The van der Waals surface area contributed by atoms with Gasteiger partial charge >= 0.3 is 0 Å². The SMILES string of the molecule is O=C(COc1ccc(Cl)cc1)NCc1nnc(SCC(=O)Nc2ccccc2F)n1-c1ccc(Br)cc1. The number of rotatable bonds is 10. The normalized spacial score (nSPS) is 10.7. The van der Waals surface area contributed by atoms with Crippen LogP contribution in [0.1, 0.15) is 5.82 Å². The summed E-state index contributed by atoms with van der Waals surface area (Å²) in [5.41, 5.74) is 0.846. The summed E-state index contributed by atoms with van der Waals surface area (Å²) in [7, 11) is 0. The molecular formula is C25H20BrClFN5O3S. The van der Waals surface area contributed by atoms with Crippen molar-refractivity contribution in [1.29, 1.82) is 0 Å². The van der Waals surface area contributed by atoms with Crippen molar-refractivity contribution in [3.8, 4) is 11.4 Å². The van der Waals surface area contributed by atoms with Gasteiger partial charge in [-0.2, -0.15) is 0 Å². The molecule has 3 aromatic carbocycles. The number of halogens is 3. The third-order valence-corrected chi connectivity index (χ3v) is 6.60. The Morgan fingerprint density at radius 3 is 2.46 bits per heavy atom. The lowest BCUT2D eigenvalue weighted by Gasteiger charge is -2.12. The van der Waals surface area contributed by atoms with Crippen molar-refractivity contribution >= 4 is 56.8 Å². The summed E-state index contributed by atoms with van der Waals surface area (Å²) in [6, 6.07) is 20.1. The zero-order valence-corrected chi connectivity index (χ0v) is 22.3. The molecule has 0 aliphatic rings. The van der Waals surface area contributed by atoms with Gasteiger partial charge in [-0.25, -0.2) is 4.39 Å². The minimum Gasteiger partial charge on any atom is -0.484 e. The summed E-state index contributed by atoms with van der Waals surface area (Å²) in [5, 5.41) is 14.7.